The molecule has 2 aromatic carbocycles. The van der Waals surface area contributed by atoms with E-state index in [1.54, 1.807) is 11.3 Å². The fourth-order valence-corrected chi connectivity index (χ4v) is 3.86. The molecule has 0 amide bonds. The average Bonchev–Trinajstić information content (AvgIpc) is 3.31. The second kappa shape index (κ2) is 7.01. The van der Waals surface area contributed by atoms with Gasteiger partial charge in [-0.05, 0) is 77.2 Å². The van der Waals surface area contributed by atoms with Gasteiger partial charge in [0.2, 0.25) is 5.82 Å². The lowest BCUT2D eigenvalue weighted by Crippen LogP contribution is -1.98. The van der Waals surface area contributed by atoms with E-state index in [-0.39, 0.29) is 22.8 Å². The lowest BCUT2D eigenvalue weighted by atomic mass is 9.98. The molecule has 0 aliphatic carbocycles. The van der Waals surface area contributed by atoms with Crippen LogP contribution in [0, 0.1) is 19.7 Å². The molecule has 2 aromatic heterocycles. The number of thiophene rings is 1. The standard InChI is InChI=1S/C21H15FN2O3S/c1-11-7-13(3-5-15(11)17-10-28-9-12(17)2)20-23-19(24-27-20)16-6-4-14(21(25)26)8-18(16)22/h3-10H,1-2H3,(H,25,26). The first-order valence-corrected chi connectivity index (χ1v) is 9.39. The van der Waals surface area contributed by atoms with Gasteiger partial charge in [0.25, 0.3) is 5.89 Å². The highest BCUT2D eigenvalue weighted by Crippen LogP contribution is 2.32. The van der Waals surface area contributed by atoms with Crippen molar-refractivity contribution < 1.29 is 18.8 Å². The minimum Gasteiger partial charge on any atom is -0.478 e. The Morgan fingerprint density at radius 2 is 1.82 bits per heavy atom. The molecule has 0 spiro atoms. The summed E-state index contributed by atoms with van der Waals surface area (Å²) >= 11 is 1.66. The van der Waals surface area contributed by atoms with E-state index in [2.05, 4.69) is 27.8 Å². The second-order valence-corrected chi connectivity index (χ2v) is 7.16. The summed E-state index contributed by atoms with van der Waals surface area (Å²) < 4.78 is 19.5. The summed E-state index contributed by atoms with van der Waals surface area (Å²) in [6.07, 6.45) is 0. The van der Waals surface area contributed by atoms with Crippen LogP contribution in [0.3, 0.4) is 0 Å². The molecule has 0 aliphatic rings. The summed E-state index contributed by atoms with van der Waals surface area (Å²) in [7, 11) is 0. The van der Waals surface area contributed by atoms with Gasteiger partial charge in [-0.15, -0.1) is 0 Å². The zero-order valence-electron chi connectivity index (χ0n) is 15.1. The molecular formula is C21H15FN2O3S. The molecule has 2 heterocycles. The molecule has 1 N–H and O–H groups in total. The maximum absolute atomic E-state index is 14.2. The molecule has 0 saturated carbocycles. The Labute approximate surface area is 164 Å². The average molecular weight is 394 g/mol. The monoisotopic (exact) mass is 394 g/mol. The van der Waals surface area contributed by atoms with E-state index in [0.717, 1.165) is 22.8 Å². The first-order chi connectivity index (χ1) is 13.4. The van der Waals surface area contributed by atoms with E-state index in [9.17, 15) is 9.18 Å². The van der Waals surface area contributed by atoms with Gasteiger partial charge >= 0.3 is 5.97 Å². The molecule has 0 unspecified atom stereocenters. The zero-order valence-corrected chi connectivity index (χ0v) is 15.9. The minimum atomic E-state index is -1.20. The van der Waals surface area contributed by atoms with E-state index < -0.39 is 11.8 Å². The van der Waals surface area contributed by atoms with Crippen molar-refractivity contribution in [3.05, 3.63) is 69.7 Å². The topological polar surface area (TPSA) is 76.2 Å². The van der Waals surface area contributed by atoms with Gasteiger partial charge in [-0.1, -0.05) is 11.2 Å². The highest BCUT2D eigenvalue weighted by molar-refractivity contribution is 7.08. The summed E-state index contributed by atoms with van der Waals surface area (Å²) in [5, 5.41) is 17.0. The Morgan fingerprint density at radius 1 is 1.04 bits per heavy atom. The number of carbonyl (C=O) groups is 1. The van der Waals surface area contributed by atoms with Crippen molar-refractivity contribution in [3.63, 3.8) is 0 Å². The lowest BCUT2D eigenvalue weighted by molar-refractivity contribution is 0.0696. The summed E-state index contributed by atoms with van der Waals surface area (Å²) in [6, 6.07) is 9.43. The van der Waals surface area contributed by atoms with Crippen LogP contribution in [0.5, 0.6) is 0 Å². The largest absolute Gasteiger partial charge is 0.478 e. The summed E-state index contributed by atoms with van der Waals surface area (Å²) in [5.41, 5.74) is 5.30. The van der Waals surface area contributed by atoms with E-state index in [4.69, 9.17) is 9.63 Å². The highest BCUT2D eigenvalue weighted by atomic mass is 32.1. The molecular weight excluding hydrogens is 379 g/mol. The number of aromatic nitrogens is 2. The molecule has 28 heavy (non-hydrogen) atoms. The number of hydrogen-bond donors (Lipinski definition) is 1. The van der Waals surface area contributed by atoms with Crippen LogP contribution in [0.2, 0.25) is 0 Å². The molecule has 140 valence electrons. The van der Waals surface area contributed by atoms with Crippen LogP contribution in [0.15, 0.2) is 51.7 Å². The van der Waals surface area contributed by atoms with Crippen LogP contribution < -0.4 is 0 Å². The van der Waals surface area contributed by atoms with Gasteiger partial charge in [-0.3, -0.25) is 0 Å². The van der Waals surface area contributed by atoms with Crippen LogP contribution in [-0.2, 0) is 0 Å². The molecule has 0 bridgehead atoms. The van der Waals surface area contributed by atoms with Crippen LogP contribution in [-0.4, -0.2) is 21.2 Å². The third-order valence-electron chi connectivity index (χ3n) is 4.50. The Morgan fingerprint density at radius 3 is 2.46 bits per heavy atom. The first-order valence-electron chi connectivity index (χ1n) is 8.45. The summed E-state index contributed by atoms with van der Waals surface area (Å²) in [5.74, 6) is -1.57. The number of aromatic carboxylic acids is 1. The predicted molar refractivity (Wildman–Crippen MR) is 105 cm³/mol. The third kappa shape index (κ3) is 3.20. The van der Waals surface area contributed by atoms with Gasteiger partial charge in [0, 0.05) is 5.56 Å². The molecule has 0 radical (unpaired) electrons. The smallest absolute Gasteiger partial charge is 0.335 e. The van der Waals surface area contributed by atoms with Crippen molar-refractivity contribution in [3.8, 4) is 34.0 Å². The molecule has 0 atom stereocenters. The van der Waals surface area contributed by atoms with E-state index in [1.165, 1.54) is 23.3 Å². The van der Waals surface area contributed by atoms with Gasteiger partial charge < -0.3 is 9.63 Å². The van der Waals surface area contributed by atoms with Gasteiger partial charge in [0.05, 0.1) is 11.1 Å². The molecule has 5 nitrogen and oxygen atoms in total. The van der Waals surface area contributed by atoms with E-state index in [1.807, 2.05) is 25.1 Å². The molecule has 0 aliphatic heterocycles. The van der Waals surface area contributed by atoms with Gasteiger partial charge in [-0.2, -0.15) is 16.3 Å². The molecule has 4 rings (SSSR count). The second-order valence-electron chi connectivity index (χ2n) is 6.42. The van der Waals surface area contributed by atoms with Gasteiger partial charge in [0.1, 0.15) is 5.82 Å². The van der Waals surface area contributed by atoms with Crippen LogP contribution >= 0.6 is 11.3 Å². The Bertz CT molecular complexity index is 1200. The highest BCUT2D eigenvalue weighted by Gasteiger charge is 2.17. The van der Waals surface area contributed by atoms with Crippen molar-refractivity contribution in [1.82, 2.24) is 10.1 Å². The molecule has 7 heteroatoms. The fourth-order valence-electron chi connectivity index (χ4n) is 3.01. The number of benzene rings is 2. The van der Waals surface area contributed by atoms with E-state index >= 15 is 0 Å². The maximum Gasteiger partial charge on any atom is 0.335 e. The SMILES string of the molecule is Cc1cc(-c2nc(-c3ccc(C(=O)O)cc3F)no2)ccc1-c1cscc1C. The Hall–Kier alpha value is -3.32. The van der Waals surface area contributed by atoms with Crippen molar-refractivity contribution >= 4 is 17.3 Å². The number of aryl methyl sites for hydroxylation is 2. The predicted octanol–water partition coefficient (Wildman–Crippen LogP) is 5.59. The number of rotatable bonds is 4. The zero-order chi connectivity index (χ0) is 19.8. The minimum absolute atomic E-state index is 0.0693. The first kappa shape index (κ1) is 18.1. The Balaban J connectivity index is 1.67. The van der Waals surface area contributed by atoms with Gasteiger partial charge in [-0.25, -0.2) is 9.18 Å². The van der Waals surface area contributed by atoms with Gasteiger partial charge in [0.15, 0.2) is 0 Å². The fraction of sp³-hybridized carbons (Fsp3) is 0.0952. The van der Waals surface area contributed by atoms with Crippen molar-refractivity contribution in [1.29, 1.82) is 0 Å². The maximum atomic E-state index is 14.2. The van der Waals surface area contributed by atoms with Crippen LogP contribution in [0.1, 0.15) is 21.5 Å². The summed E-state index contributed by atoms with van der Waals surface area (Å²) in [6.45, 7) is 4.09. The number of nitrogens with zero attached hydrogens (tertiary/aromatic N) is 2. The normalized spacial score (nSPS) is 11.0. The van der Waals surface area contributed by atoms with Crippen molar-refractivity contribution in [2.24, 2.45) is 0 Å². The molecule has 0 fully saturated rings. The van der Waals surface area contributed by atoms with Crippen molar-refractivity contribution in [2.75, 3.05) is 0 Å². The number of carboxylic acid groups (broad SMARTS) is 1. The van der Waals surface area contributed by atoms with Crippen molar-refractivity contribution in [2.45, 2.75) is 13.8 Å². The molecule has 4 aromatic rings. The molecule has 0 saturated heterocycles. The lowest BCUT2D eigenvalue weighted by Gasteiger charge is -2.06. The van der Waals surface area contributed by atoms with E-state index in [0.29, 0.717) is 0 Å². The summed E-state index contributed by atoms with van der Waals surface area (Å²) in [4.78, 5) is 15.2. The Kier molecular flexibility index (Phi) is 4.52. The quantitative estimate of drug-likeness (QED) is 0.488. The number of carboxylic acids is 1. The number of halogens is 1. The van der Waals surface area contributed by atoms with Crippen LogP contribution in [0.25, 0.3) is 34.0 Å². The van der Waals surface area contributed by atoms with Crippen LogP contribution in [0.4, 0.5) is 4.39 Å². The third-order valence-corrected chi connectivity index (χ3v) is 5.36. The number of hydrogen-bond acceptors (Lipinski definition) is 5.